The number of anilines is 1. The van der Waals surface area contributed by atoms with E-state index in [1.54, 1.807) is 53.1 Å². The van der Waals surface area contributed by atoms with Gasteiger partial charge < -0.3 is 44.2 Å². The van der Waals surface area contributed by atoms with Gasteiger partial charge in [0, 0.05) is 18.7 Å². The highest BCUT2D eigenvalue weighted by molar-refractivity contribution is 7.53. The number of hydrogen-bond acceptors (Lipinski definition) is 16. The molecule has 0 aliphatic carbocycles. The van der Waals surface area contributed by atoms with Gasteiger partial charge in [-0.15, -0.1) is 0 Å². The predicted molar refractivity (Wildman–Crippen MR) is 170 cm³/mol. The minimum Gasteiger partial charge on any atom is -0.478 e. The van der Waals surface area contributed by atoms with Crippen LogP contribution in [-0.4, -0.2) is 80.5 Å². The zero-order chi connectivity index (χ0) is 36.2. The zero-order valence-electron chi connectivity index (χ0n) is 26.1. The van der Waals surface area contributed by atoms with Crippen LogP contribution in [0.3, 0.4) is 0 Å². The number of benzene rings is 2. The van der Waals surface area contributed by atoms with E-state index in [0.29, 0.717) is 23.3 Å². The minimum absolute atomic E-state index is 0.0324. The maximum atomic E-state index is 13.3. The molecule has 19 nitrogen and oxygen atoms in total. The standard InChI is InChI=1S/C26H28N5O10P.C4H4O4/c27-23-22-24(29-15-28-23)31(16-30-22)11-12-35-19-42(34,40-17-38-25(32)36-13-20-7-3-1-4-8-20)41-18-39-26(33)37-14-21-9-5-2-6-10-21;5-3(6)1-2-4(7)8/h1-10,15-16H,11-14,17-19H2,(H2,27,28,29);1-2H,(H,5,6)(H,7,8)/b;2-1+. The van der Waals surface area contributed by atoms with E-state index < -0.39 is 51.8 Å². The van der Waals surface area contributed by atoms with E-state index in [2.05, 4.69) is 15.0 Å². The van der Waals surface area contributed by atoms with Gasteiger partial charge in [-0.2, -0.15) is 0 Å². The van der Waals surface area contributed by atoms with Gasteiger partial charge in [0.1, 0.15) is 31.4 Å². The van der Waals surface area contributed by atoms with E-state index in [9.17, 15) is 23.7 Å². The summed E-state index contributed by atoms with van der Waals surface area (Å²) in [6.45, 7) is -1.33. The smallest absolute Gasteiger partial charge is 0.478 e. The monoisotopic (exact) mass is 717 g/mol. The van der Waals surface area contributed by atoms with Gasteiger partial charge in [0.05, 0.1) is 12.9 Å². The van der Waals surface area contributed by atoms with Gasteiger partial charge in [-0.3, -0.25) is 13.6 Å². The normalized spacial score (nSPS) is 11.0. The van der Waals surface area contributed by atoms with E-state index in [4.69, 9.17) is 48.7 Å². The number of nitrogens with zero attached hydrogens (tertiary/aromatic N) is 4. The molecule has 0 saturated carbocycles. The number of carbonyl (C=O) groups excluding carboxylic acids is 2. The van der Waals surface area contributed by atoms with Crippen molar-refractivity contribution in [3.8, 4) is 0 Å². The fourth-order valence-corrected chi connectivity index (χ4v) is 4.48. The van der Waals surface area contributed by atoms with E-state index in [1.807, 2.05) is 12.1 Å². The van der Waals surface area contributed by atoms with E-state index in [0.717, 1.165) is 11.1 Å². The fraction of sp³-hybridized carbons (Fsp3) is 0.233. The molecule has 50 heavy (non-hydrogen) atoms. The first-order chi connectivity index (χ1) is 24.0. The maximum Gasteiger partial charge on any atom is 0.510 e. The van der Waals surface area contributed by atoms with E-state index in [1.165, 1.54) is 12.7 Å². The average molecular weight is 718 g/mol. The first-order valence-electron chi connectivity index (χ1n) is 14.2. The summed E-state index contributed by atoms with van der Waals surface area (Å²) in [7, 11) is -4.11. The highest BCUT2D eigenvalue weighted by Crippen LogP contribution is 2.48. The van der Waals surface area contributed by atoms with Crippen molar-refractivity contribution in [3.05, 3.63) is 96.6 Å². The molecule has 0 amide bonds. The minimum atomic E-state index is -4.11. The van der Waals surface area contributed by atoms with Crippen molar-refractivity contribution in [3.63, 3.8) is 0 Å². The topological polar surface area (TPSA) is 260 Å². The lowest BCUT2D eigenvalue weighted by Gasteiger charge is -2.18. The Bertz CT molecular complexity index is 1690. The molecule has 0 aliphatic rings. The molecule has 2 aromatic heterocycles. The summed E-state index contributed by atoms with van der Waals surface area (Å²) in [6.07, 6.45) is 1.25. The highest BCUT2D eigenvalue weighted by atomic mass is 31.2. The Morgan fingerprint density at radius 3 is 1.78 bits per heavy atom. The molecule has 0 spiro atoms. The van der Waals surface area contributed by atoms with Crippen LogP contribution < -0.4 is 5.73 Å². The van der Waals surface area contributed by atoms with Crippen LogP contribution in [0.15, 0.2) is 85.5 Å². The molecule has 20 heteroatoms. The number of hydrogen-bond donors (Lipinski definition) is 3. The SMILES string of the molecule is Nc1ncnc2c1ncn2CCOCP(=O)(OCOC(=O)OCc1ccccc1)OCOC(=O)OCc1ccccc1.O=C(O)/C=C/C(=O)O. The van der Waals surface area contributed by atoms with Crippen LogP contribution in [-0.2, 0) is 66.6 Å². The summed E-state index contributed by atoms with van der Waals surface area (Å²) >= 11 is 0. The molecule has 0 saturated heterocycles. The lowest BCUT2D eigenvalue weighted by molar-refractivity contribution is -0.134. The number of aliphatic carboxylic acids is 2. The Labute approximate surface area is 283 Å². The van der Waals surface area contributed by atoms with Crippen LogP contribution >= 0.6 is 7.60 Å². The molecule has 0 fully saturated rings. The van der Waals surface area contributed by atoms with Crippen LogP contribution in [0.1, 0.15) is 11.1 Å². The van der Waals surface area contributed by atoms with Gasteiger partial charge >= 0.3 is 31.8 Å². The quantitative estimate of drug-likeness (QED) is 0.0459. The molecule has 0 unspecified atom stereocenters. The van der Waals surface area contributed by atoms with Crippen LogP contribution in [0.5, 0.6) is 0 Å². The second kappa shape index (κ2) is 20.5. The molecule has 2 heterocycles. The van der Waals surface area contributed by atoms with Gasteiger partial charge in [0.25, 0.3) is 0 Å². The number of rotatable bonds is 17. The van der Waals surface area contributed by atoms with Crippen molar-refractivity contribution in [2.24, 2.45) is 0 Å². The second-order valence-corrected chi connectivity index (χ2v) is 11.4. The third-order valence-electron chi connectivity index (χ3n) is 5.78. The van der Waals surface area contributed by atoms with Crippen LogP contribution in [0, 0.1) is 0 Å². The highest BCUT2D eigenvalue weighted by Gasteiger charge is 2.27. The van der Waals surface area contributed by atoms with Crippen molar-refractivity contribution in [1.29, 1.82) is 0 Å². The second-order valence-electron chi connectivity index (χ2n) is 9.36. The number of ether oxygens (including phenoxy) is 5. The van der Waals surface area contributed by atoms with Gasteiger partial charge in [-0.1, -0.05) is 60.7 Å². The Morgan fingerprint density at radius 2 is 1.28 bits per heavy atom. The fourth-order valence-electron chi connectivity index (χ4n) is 3.48. The van der Waals surface area contributed by atoms with E-state index >= 15 is 0 Å². The molecule has 0 radical (unpaired) electrons. The summed E-state index contributed by atoms with van der Waals surface area (Å²) in [6, 6.07) is 17.9. The number of fused-ring (bicyclic) bond motifs is 1. The number of nitrogen functional groups attached to an aromatic ring is 1. The Balaban J connectivity index is 0.000000753. The molecule has 0 bridgehead atoms. The lowest BCUT2D eigenvalue weighted by atomic mass is 10.2. The summed E-state index contributed by atoms with van der Waals surface area (Å²) in [4.78, 5) is 55.1. The predicted octanol–water partition coefficient (Wildman–Crippen LogP) is 3.94. The lowest BCUT2D eigenvalue weighted by Crippen LogP contribution is -2.15. The molecule has 4 aromatic rings. The van der Waals surface area contributed by atoms with Crippen molar-refractivity contribution < 1.29 is 66.7 Å². The van der Waals surface area contributed by atoms with Crippen molar-refractivity contribution in [2.45, 2.75) is 19.8 Å². The van der Waals surface area contributed by atoms with Crippen molar-refractivity contribution >= 4 is 48.8 Å². The molecule has 266 valence electrons. The molecular formula is C30H32N5O14P. The summed E-state index contributed by atoms with van der Waals surface area (Å²) in [5.74, 6) is -2.28. The Kier molecular flexibility index (Phi) is 15.8. The largest absolute Gasteiger partial charge is 0.510 e. The van der Waals surface area contributed by atoms with Gasteiger partial charge in [0.15, 0.2) is 11.5 Å². The summed E-state index contributed by atoms with van der Waals surface area (Å²) in [5, 5.41) is 15.6. The third-order valence-corrected chi connectivity index (χ3v) is 7.27. The number of carboxylic acid groups (broad SMARTS) is 2. The molecule has 4 rings (SSSR count). The first kappa shape index (κ1) is 38.6. The zero-order valence-corrected chi connectivity index (χ0v) is 27.0. The van der Waals surface area contributed by atoms with Crippen molar-refractivity contribution in [1.82, 2.24) is 19.5 Å². The van der Waals surface area contributed by atoms with E-state index in [-0.39, 0.29) is 32.2 Å². The maximum absolute atomic E-state index is 13.3. The summed E-state index contributed by atoms with van der Waals surface area (Å²) in [5.41, 5.74) is 8.21. The molecular weight excluding hydrogens is 685 g/mol. The number of carboxylic acids is 2. The van der Waals surface area contributed by atoms with Gasteiger partial charge in [-0.05, 0) is 11.1 Å². The number of imidazole rings is 1. The van der Waals surface area contributed by atoms with Crippen LogP contribution in [0.2, 0.25) is 0 Å². The molecule has 0 atom stereocenters. The Hall–Kier alpha value is -5.88. The number of nitrogens with two attached hydrogens (primary N) is 1. The summed E-state index contributed by atoms with van der Waals surface area (Å²) < 4.78 is 50.4. The number of aromatic nitrogens is 4. The van der Waals surface area contributed by atoms with Gasteiger partial charge in [0.2, 0.25) is 13.6 Å². The third kappa shape index (κ3) is 14.5. The van der Waals surface area contributed by atoms with Crippen LogP contribution in [0.4, 0.5) is 15.4 Å². The van der Waals surface area contributed by atoms with Crippen molar-refractivity contribution in [2.75, 3.05) is 32.3 Å². The molecule has 0 aliphatic heterocycles. The first-order valence-corrected chi connectivity index (χ1v) is 16.0. The van der Waals surface area contributed by atoms with Crippen LogP contribution in [0.25, 0.3) is 11.2 Å². The molecule has 4 N–H and O–H groups in total. The Morgan fingerprint density at radius 1 is 0.760 bits per heavy atom. The van der Waals surface area contributed by atoms with Gasteiger partial charge in [-0.25, -0.2) is 34.1 Å². The number of carbonyl (C=O) groups is 4. The average Bonchev–Trinajstić information content (AvgIpc) is 3.53. The molecule has 2 aromatic carbocycles.